The number of amides is 1. The molecule has 17 heavy (non-hydrogen) atoms. The lowest BCUT2D eigenvalue weighted by Crippen LogP contribution is -2.46. The fraction of sp³-hybridized carbons (Fsp3) is 0.923. The van der Waals surface area contributed by atoms with E-state index in [0.29, 0.717) is 11.9 Å². The van der Waals surface area contributed by atoms with Gasteiger partial charge in [-0.05, 0) is 52.9 Å². The van der Waals surface area contributed by atoms with Crippen molar-refractivity contribution >= 4 is 5.91 Å². The Bertz CT molecular complexity index is 261. The van der Waals surface area contributed by atoms with E-state index < -0.39 is 0 Å². The Labute approximate surface area is 104 Å². The number of carbonyl (C=O) groups excluding carboxylic acids is 1. The predicted molar refractivity (Wildman–Crippen MR) is 68.9 cm³/mol. The molecule has 0 bridgehead atoms. The normalized spacial score (nSPS) is 26.8. The molecule has 0 aromatic rings. The summed E-state index contributed by atoms with van der Waals surface area (Å²) in [7, 11) is 4.18. The van der Waals surface area contributed by atoms with Gasteiger partial charge in [-0.1, -0.05) is 0 Å². The molecule has 4 heteroatoms. The fourth-order valence-electron chi connectivity index (χ4n) is 3.04. The molecule has 1 amide bonds. The van der Waals surface area contributed by atoms with E-state index in [0.717, 1.165) is 39.0 Å². The highest BCUT2D eigenvalue weighted by molar-refractivity contribution is 5.79. The molecule has 0 radical (unpaired) electrons. The Morgan fingerprint density at radius 1 is 1.29 bits per heavy atom. The van der Waals surface area contributed by atoms with Gasteiger partial charge in [-0.2, -0.15) is 0 Å². The van der Waals surface area contributed by atoms with Crippen molar-refractivity contribution in [3.8, 4) is 0 Å². The van der Waals surface area contributed by atoms with Gasteiger partial charge < -0.3 is 15.1 Å². The molecule has 2 rings (SSSR count). The number of nitrogens with zero attached hydrogens (tertiary/aromatic N) is 2. The van der Waals surface area contributed by atoms with E-state index in [1.165, 1.54) is 12.8 Å². The third-order valence-corrected chi connectivity index (χ3v) is 3.92. The minimum atomic E-state index is 0.277. The van der Waals surface area contributed by atoms with Gasteiger partial charge in [0.25, 0.3) is 0 Å². The van der Waals surface area contributed by atoms with Gasteiger partial charge in [-0.15, -0.1) is 0 Å². The fourth-order valence-corrected chi connectivity index (χ4v) is 3.04. The summed E-state index contributed by atoms with van der Waals surface area (Å²) in [6.07, 6.45) is 4.39. The molecule has 2 aliphatic heterocycles. The second-order valence-electron chi connectivity index (χ2n) is 5.61. The van der Waals surface area contributed by atoms with E-state index >= 15 is 0 Å². The van der Waals surface area contributed by atoms with Crippen LogP contribution >= 0.6 is 0 Å². The Hall–Kier alpha value is -0.610. The molecule has 98 valence electrons. The van der Waals surface area contributed by atoms with Crippen LogP contribution in [-0.4, -0.2) is 62.0 Å². The van der Waals surface area contributed by atoms with Crippen molar-refractivity contribution in [2.75, 3.05) is 40.3 Å². The molecule has 1 unspecified atom stereocenters. The zero-order chi connectivity index (χ0) is 12.3. The second kappa shape index (κ2) is 5.83. The van der Waals surface area contributed by atoms with Gasteiger partial charge in [0, 0.05) is 25.0 Å². The summed E-state index contributed by atoms with van der Waals surface area (Å²) in [6.45, 7) is 3.99. The summed E-state index contributed by atoms with van der Waals surface area (Å²) >= 11 is 0. The molecule has 1 atom stereocenters. The van der Waals surface area contributed by atoms with Gasteiger partial charge in [0.1, 0.15) is 0 Å². The van der Waals surface area contributed by atoms with Crippen molar-refractivity contribution in [1.29, 1.82) is 0 Å². The molecule has 2 fully saturated rings. The van der Waals surface area contributed by atoms with Gasteiger partial charge in [0.05, 0.1) is 0 Å². The summed E-state index contributed by atoms with van der Waals surface area (Å²) in [4.78, 5) is 16.8. The van der Waals surface area contributed by atoms with Crippen LogP contribution in [0.5, 0.6) is 0 Å². The maximum atomic E-state index is 12.5. The number of nitrogens with one attached hydrogen (secondary N) is 1. The van der Waals surface area contributed by atoms with E-state index in [4.69, 9.17) is 0 Å². The van der Waals surface area contributed by atoms with Crippen molar-refractivity contribution in [3.63, 3.8) is 0 Å². The minimum Gasteiger partial charge on any atom is -0.338 e. The first-order valence-corrected chi connectivity index (χ1v) is 6.84. The summed E-state index contributed by atoms with van der Waals surface area (Å²) in [5, 5.41) is 3.32. The average molecular weight is 239 g/mol. The monoisotopic (exact) mass is 239 g/mol. The molecule has 4 nitrogen and oxygen atoms in total. The van der Waals surface area contributed by atoms with E-state index in [9.17, 15) is 4.79 Å². The lowest BCUT2D eigenvalue weighted by molar-refractivity contribution is -0.137. The zero-order valence-electron chi connectivity index (χ0n) is 11.1. The van der Waals surface area contributed by atoms with Crippen LogP contribution in [-0.2, 0) is 4.79 Å². The Morgan fingerprint density at radius 3 is 2.65 bits per heavy atom. The highest BCUT2D eigenvalue weighted by Gasteiger charge is 2.33. The van der Waals surface area contributed by atoms with Crippen LogP contribution in [0.3, 0.4) is 0 Å². The standard InChI is InChI=1S/C13H25N3O/c1-15(2)10-12-4-3-9-16(12)13(17)11-5-7-14-8-6-11/h11-12,14H,3-10H2,1-2H3. The smallest absolute Gasteiger partial charge is 0.226 e. The number of piperidine rings is 1. The quantitative estimate of drug-likeness (QED) is 0.781. The molecule has 2 saturated heterocycles. The topological polar surface area (TPSA) is 35.6 Å². The largest absolute Gasteiger partial charge is 0.338 e. The third-order valence-electron chi connectivity index (χ3n) is 3.92. The SMILES string of the molecule is CN(C)CC1CCCN1C(=O)C1CCNCC1. The van der Waals surface area contributed by atoms with Gasteiger partial charge in [0.15, 0.2) is 0 Å². The number of rotatable bonds is 3. The number of likely N-dealkylation sites (N-methyl/N-ethyl adjacent to an activating group) is 1. The Balaban J connectivity index is 1.92. The van der Waals surface area contributed by atoms with Crippen LogP contribution in [0.25, 0.3) is 0 Å². The first-order valence-electron chi connectivity index (χ1n) is 6.84. The van der Waals surface area contributed by atoms with Crippen LogP contribution in [0.2, 0.25) is 0 Å². The van der Waals surface area contributed by atoms with Gasteiger partial charge in [-0.3, -0.25) is 4.79 Å². The van der Waals surface area contributed by atoms with Crippen molar-refractivity contribution in [2.45, 2.75) is 31.7 Å². The maximum absolute atomic E-state index is 12.5. The highest BCUT2D eigenvalue weighted by atomic mass is 16.2. The van der Waals surface area contributed by atoms with E-state index in [-0.39, 0.29) is 5.92 Å². The van der Waals surface area contributed by atoms with Gasteiger partial charge in [-0.25, -0.2) is 0 Å². The Morgan fingerprint density at radius 2 is 2.00 bits per heavy atom. The van der Waals surface area contributed by atoms with Gasteiger partial charge in [0.2, 0.25) is 5.91 Å². The van der Waals surface area contributed by atoms with E-state index in [1.54, 1.807) is 0 Å². The molecule has 0 aromatic heterocycles. The number of hydrogen-bond donors (Lipinski definition) is 1. The number of likely N-dealkylation sites (tertiary alicyclic amines) is 1. The van der Waals surface area contributed by atoms with Crippen LogP contribution in [0.1, 0.15) is 25.7 Å². The molecule has 0 saturated carbocycles. The minimum absolute atomic E-state index is 0.277. The molecule has 2 aliphatic rings. The molecular formula is C13H25N3O. The van der Waals surface area contributed by atoms with Crippen molar-refractivity contribution < 1.29 is 4.79 Å². The first kappa shape index (κ1) is 12.8. The first-order chi connectivity index (χ1) is 8.18. The van der Waals surface area contributed by atoms with Crippen molar-refractivity contribution in [2.24, 2.45) is 5.92 Å². The summed E-state index contributed by atoms with van der Waals surface area (Å²) in [5.41, 5.74) is 0. The van der Waals surface area contributed by atoms with Crippen molar-refractivity contribution in [1.82, 2.24) is 15.1 Å². The zero-order valence-corrected chi connectivity index (χ0v) is 11.1. The summed E-state index contributed by atoms with van der Waals surface area (Å²) < 4.78 is 0. The lowest BCUT2D eigenvalue weighted by Gasteiger charge is -2.32. The number of carbonyl (C=O) groups is 1. The van der Waals surface area contributed by atoms with Crippen LogP contribution < -0.4 is 5.32 Å². The van der Waals surface area contributed by atoms with Crippen molar-refractivity contribution in [3.05, 3.63) is 0 Å². The molecule has 0 aromatic carbocycles. The maximum Gasteiger partial charge on any atom is 0.226 e. The van der Waals surface area contributed by atoms with Crippen LogP contribution in [0, 0.1) is 5.92 Å². The molecule has 0 aliphatic carbocycles. The van der Waals surface area contributed by atoms with Crippen LogP contribution in [0.15, 0.2) is 0 Å². The predicted octanol–water partition coefficient (Wildman–Crippen LogP) is 0.539. The average Bonchev–Trinajstić information content (AvgIpc) is 2.76. The summed E-state index contributed by atoms with van der Waals surface area (Å²) in [6, 6.07) is 0.451. The number of hydrogen-bond acceptors (Lipinski definition) is 3. The third kappa shape index (κ3) is 3.19. The van der Waals surface area contributed by atoms with E-state index in [2.05, 4.69) is 29.2 Å². The summed E-state index contributed by atoms with van der Waals surface area (Å²) in [5.74, 6) is 0.690. The van der Waals surface area contributed by atoms with Crippen LogP contribution in [0.4, 0.5) is 0 Å². The highest BCUT2D eigenvalue weighted by Crippen LogP contribution is 2.23. The van der Waals surface area contributed by atoms with Gasteiger partial charge >= 0.3 is 0 Å². The Kier molecular flexibility index (Phi) is 4.40. The molecule has 1 N–H and O–H groups in total. The second-order valence-corrected chi connectivity index (χ2v) is 5.61. The molecule has 0 spiro atoms. The molecular weight excluding hydrogens is 214 g/mol. The van der Waals surface area contributed by atoms with E-state index in [1.807, 2.05) is 0 Å². The lowest BCUT2D eigenvalue weighted by atomic mass is 9.96. The molecule has 2 heterocycles.